The molecule has 0 N–H and O–H groups in total. The first-order valence-electron chi connectivity index (χ1n) is 25.2. The highest BCUT2D eigenvalue weighted by molar-refractivity contribution is 6.11. The summed E-state index contributed by atoms with van der Waals surface area (Å²) in [4.78, 5) is 0. The SMILES string of the molecule is [2H]c1c([2H])c([2H])c2c(c1[2H])c1ccc(-c3ccc4c(c3)-c3cc(-c5ccc6c7c([2H])c([2H])c([2H])c([2H])c7n(-c7ccccc7)c6c5)ccc3C4c3ccc(-c4ccccc4)cc3)cc1n2-c1ccccc1. The maximum atomic E-state index is 9.05. The Balaban J connectivity index is 1.01. The number of aromatic nitrogens is 2. The van der Waals surface area contributed by atoms with Gasteiger partial charge in [0, 0.05) is 38.8 Å². The maximum absolute atomic E-state index is 9.05. The Morgan fingerprint density at radius 3 is 1.21 bits per heavy atom. The predicted molar refractivity (Wildman–Crippen MR) is 264 cm³/mol. The highest BCUT2D eigenvalue weighted by atomic mass is 15.0. The number of nitrogens with zero attached hydrogens (tertiary/aromatic N) is 2. The summed E-state index contributed by atoms with van der Waals surface area (Å²) in [6.45, 7) is 0. The van der Waals surface area contributed by atoms with Gasteiger partial charge in [-0.2, -0.15) is 0 Å². The highest BCUT2D eigenvalue weighted by Crippen LogP contribution is 2.51. The van der Waals surface area contributed by atoms with Gasteiger partial charge in [-0.05, 0) is 122 Å². The molecule has 294 valence electrons. The smallest absolute Gasteiger partial charge is 0.0645 e. The van der Waals surface area contributed by atoms with Crippen LogP contribution in [0.1, 0.15) is 33.6 Å². The summed E-state index contributed by atoms with van der Waals surface area (Å²) in [6, 6.07) is 63.0. The first-order valence-corrected chi connectivity index (χ1v) is 21.2. The molecule has 0 spiro atoms. The van der Waals surface area contributed by atoms with Crippen molar-refractivity contribution in [3.63, 3.8) is 0 Å². The van der Waals surface area contributed by atoms with E-state index in [9.17, 15) is 0 Å². The van der Waals surface area contributed by atoms with E-state index >= 15 is 0 Å². The lowest BCUT2D eigenvalue weighted by molar-refractivity contribution is 1.02. The van der Waals surface area contributed by atoms with Crippen molar-refractivity contribution in [3.05, 3.63) is 253 Å². The molecule has 0 unspecified atom stereocenters. The van der Waals surface area contributed by atoms with Gasteiger partial charge in [0.2, 0.25) is 0 Å². The third-order valence-corrected chi connectivity index (χ3v) is 12.9. The molecule has 0 bridgehead atoms. The van der Waals surface area contributed by atoms with Crippen molar-refractivity contribution >= 4 is 43.6 Å². The summed E-state index contributed by atoms with van der Waals surface area (Å²) in [5.74, 6) is -0.0488. The highest BCUT2D eigenvalue weighted by Gasteiger charge is 2.31. The molecule has 0 atom stereocenters. The number of hydrogen-bond donors (Lipinski definition) is 0. The monoisotopic (exact) mass is 808 g/mol. The first kappa shape index (κ1) is 28.3. The lowest BCUT2D eigenvalue weighted by Gasteiger charge is -2.16. The summed E-state index contributed by atoms with van der Waals surface area (Å²) in [7, 11) is 0. The van der Waals surface area contributed by atoms with Gasteiger partial charge in [-0.1, -0.05) is 176 Å². The number of rotatable bonds is 6. The molecule has 1 aliphatic carbocycles. The number of hydrogen-bond acceptors (Lipinski definition) is 0. The minimum absolute atomic E-state index is 0.0488. The van der Waals surface area contributed by atoms with Crippen molar-refractivity contribution in [1.82, 2.24) is 9.13 Å². The van der Waals surface area contributed by atoms with Crippen molar-refractivity contribution in [3.8, 4) is 55.9 Å². The zero-order chi connectivity index (χ0) is 48.4. The molecule has 2 heterocycles. The first-order chi connectivity index (χ1) is 34.6. The van der Waals surface area contributed by atoms with E-state index in [1.54, 1.807) is 0 Å². The topological polar surface area (TPSA) is 9.86 Å². The van der Waals surface area contributed by atoms with Crippen molar-refractivity contribution in [2.24, 2.45) is 0 Å². The number of fused-ring (bicyclic) bond motifs is 9. The Morgan fingerprint density at radius 1 is 0.317 bits per heavy atom. The largest absolute Gasteiger partial charge is 0.309 e. The summed E-state index contributed by atoms with van der Waals surface area (Å²) >= 11 is 0. The molecule has 2 nitrogen and oxygen atoms in total. The average Bonchev–Trinajstić information content (AvgIpc) is 4.07. The van der Waals surface area contributed by atoms with Gasteiger partial charge in [0.25, 0.3) is 0 Å². The summed E-state index contributed by atoms with van der Waals surface area (Å²) in [6.07, 6.45) is 0. The normalized spacial score (nSPS) is 14.2. The van der Waals surface area contributed by atoms with Crippen LogP contribution in [-0.2, 0) is 0 Å². The van der Waals surface area contributed by atoms with E-state index in [4.69, 9.17) is 11.0 Å². The van der Waals surface area contributed by atoms with Crippen LogP contribution >= 0.6 is 0 Å². The lowest BCUT2D eigenvalue weighted by Crippen LogP contribution is -1.99. The van der Waals surface area contributed by atoms with Gasteiger partial charge >= 0.3 is 0 Å². The average molecular weight is 809 g/mol. The van der Waals surface area contributed by atoms with E-state index in [2.05, 4.69) is 97.1 Å². The van der Waals surface area contributed by atoms with E-state index < -0.39 is 0 Å². The second-order valence-electron chi connectivity index (χ2n) is 16.3. The van der Waals surface area contributed by atoms with Crippen LogP contribution in [0.3, 0.4) is 0 Å². The maximum Gasteiger partial charge on any atom is 0.0645 e. The van der Waals surface area contributed by atoms with Crippen LogP contribution in [0.2, 0.25) is 0 Å². The molecule has 0 saturated carbocycles. The van der Waals surface area contributed by atoms with Gasteiger partial charge in [0.1, 0.15) is 0 Å². The van der Waals surface area contributed by atoms with Crippen molar-refractivity contribution in [1.29, 1.82) is 0 Å². The van der Waals surface area contributed by atoms with Gasteiger partial charge in [-0.15, -0.1) is 0 Å². The van der Waals surface area contributed by atoms with Gasteiger partial charge in [-0.25, -0.2) is 0 Å². The minimum Gasteiger partial charge on any atom is -0.309 e. The summed E-state index contributed by atoms with van der Waals surface area (Å²) in [5.41, 5.74) is 15.9. The molecule has 1 aliphatic rings. The van der Waals surface area contributed by atoms with E-state index in [1.807, 2.05) is 100 Å². The Bertz CT molecular complexity index is 3950. The fourth-order valence-electron chi connectivity index (χ4n) is 9.95. The molecule has 2 heteroatoms. The van der Waals surface area contributed by atoms with Crippen LogP contribution < -0.4 is 0 Å². The van der Waals surface area contributed by atoms with Gasteiger partial charge < -0.3 is 9.13 Å². The predicted octanol–water partition coefficient (Wildman–Crippen LogP) is 16.0. The molecular weight excluding hydrogens is 761 g/mol. The molecular formula is C61H40N2. The molecule has 0 aliphatic heterocycles. The van der Waals surface area contributed by atoms with Crippen LogP contribution in [0, 0.1) is 0 Å². The Morgan fingerprint density at radius 2 is 0.714 bits per heavy atom. The molecule has 10 aromatic carbocycles. The quantitative estimate of drug-likeness (QED) is 0.158. The standard InChI is InChI=1S/C61H40N2/c1-4-14-40(15-5-1)41-24-26-42(27-25-41)61-53-34-30-43(45-28-32-51-49-20-10-12-22-57(49)62(59(51)38-45)47-16-6-2-7-17-47)36-55(53)56-37-44(31-35-54(56)61)46-29-33-52-50-21-11-13-23-58(50)63(60(52)39-46)48-18-8-3-9-19-48/h1-39,61H/i10D,11D,12D,13D,20D,21D,22D,23D. The van der Waals surface area contributed by atoms with Crippen molar-refractivity contribution in [2.75, 3.05) is 0 Å². The van der Waals surface area contributed by atoms with Gasteiger partial charge in [0.15, 0.2) is 0 Å². The lowest BCUT2D eigenvalue weighted by atomic mass is 9.87. The fraction of sp³-hybridized carbons (Fsp3) is 0.0164. The van der Waals surface area contributed by atoms with Crippen LogP contribution in [0.15, 0.2) is 236 Å². The zero-order valence-electron chi connectivity index (χ0n) is 41.9. The summed E-state index contributed by atoms with van der Waals surface area (Å²) < 4.78 is 74.3. The van der Waals surface area contributed by atoms with E-state index in [-0.39, 0.29) is 54.3 Å². The van der Waals surface area contributed by atoms with Crippen LogP contribution in [0.5, 0.6) is 0 Å². The third kappa shape index (κ3) is 5.65. The molecule has 0 radical (unpaired) electrons. The molecule has 0 saturated heterocycles. The molecule has 12 aromatic rings. The fourth-order valence-corrected chi connectivity index (χ4v) is 9.95. The van der Waals surface area contributed by atoms with Crippen LogP contribution in [0.4, 0.5) is 0 Å². The van der Waals surface area contributed by atoms with E-state index in [1.165, 1.54) is 16.7 Å². The molecule has 0 amide bonds. The van der Waals surface area contributed by atoms with Crippen molar-refractivity contribution < 1.29 is 11.0 Å². The van der Waals surface area contributed by atoms with Crippen molar-refractivity contribution in [2.45, 2.75) is 5.92 Å². The van der Waals surface area contributed by atoms with Crippen LogP contribution in [-0.4, -0.2) is 9.13 Å². The molecule has 63 heavy (non-hydrogen) atoms. The minimum atomic E-state index is -0.267. The third-order valence-electron chi connectivity index (χ3n) is 12.9. The van der Waals surface area contributed by atoms with Gasteiger partial charge in [-0.3, -0.25) is 0 Å². The second-order valence-corrected chi connectivity index (χ2v) is 16.3. The Kier molecular flexibility index (Phi) is 6.39. The summed E-state index contributed by atoms with van der Waals surface area (Å²) in [5, 5.41) is 2.47. The Hall–Kier alpha value is -8.20. The molecule has 13 rings (SSSR count). The molecule has 0 fully saturated rings. The van der Waals surface area contributed by atoms with Crippen LogP contribution in [0.25, 0.3) is 99.5 Å². The van der Waals surface area contributed by atoms with Gasteiger partial charge in [0.05, 0.1) is 33.0 Å². The van der Waals surface area contributed by atoms with E-state index in [0.717, 1.165) is 77.7 Å². The second kappa shape index (κ2) is 14.2. The number of para-hydroxylation sites is 4. The Labute approximate surface area is 377 Å². The molecule has 2 aromatic heterocycles. The van der Waals surface area contributed by atoms with E-state index in [0.29, 0.717) is 21.8 Å². The zero-order valence-corrected chi connectivity index (χ0v) is 33.9. The number of benzene rings is 10.